The fourth-order valence-electron chi connectivity index (χ4n) is 5.29. The molecule has 0 saturated carbocycles. The highest BCUT2D eigenvalue weighted by Crippen LogP contribution is 2.44. The molecule has 14 heteroatoms. The second-order valence-electron chi connectivity index (χ2n) is 13.4. The molecule has 0 spiro atoms. The van der Waals surface area contributed by atoms with E-state index in [9.17, 15) is 9.59 Å². The largest absolute Gasteiger partial charge is 0.449 e. The zero-order chi connectivity index (χ0) is 38.7. The van der Waals surface area contributed by atoms with E-state index in [-0.39, 0.29) is 12.0 Å². The third-order valence-corrected chi connectivity index (χ3v) is 7.96. The first-order valence-corrected chi connectivity index (χ1v) is 18.9. The summed E-state index contributed by atoms with van der Waals surface area (Å²) in [6.07, 6.45) is -0.105. The van der Waals surface area contributed by atoms with Gasteiger partial charge in [-0.05, 0) is 49.4 Å². The minimum absolute atomic E-state index is 0.0469. The van der Waals surface area contributed by atoms with E-state index in [1.165, 1.54) is 27.2 Å². The average Bonchev–Trinajstić information content (AvgIpc) is 3.47. The van der Waals surface area contributed by atoms with E-state index in [1.807, 2.05) is 45.0 Å². The van der Waals surface area contributed by atoms with Crippen LogP contribution in [0.25, 0.3) is 11.1 Å². The second-order valence-corrected chi connectivity index (χ2v) is 13.4. The first-order chi connectivity index (χ1) is 26.3. The zero-order valence-corrected chi connectivity index (χ0v) is 32.7. The highest BCUT2D eigenvalue weighted by Gasteiger charge is 2.29. The maximum Gasteiger partial charge on any atom is 0.410 e. The molecular formula is C40H62N2O12. The van der Waals surface area contributed by atoms with Crippen LogP contribution in [-0.2, 0) is 47.4 Å². The van der Waals surface area contributed by atoms with Crippen LogP contribution in [0.3, 0.4) is 0 Å². The molecular weight excluding hydrogens is 700 g/mol. The molecule has 1 aliphatic carbocycles. The minimum atomic E-state index is -0.515. The fourth-order valence-corrected chi connectivity index (χ4v) is 5.29. The van der Waals surface area contributed by atoms with Gasteiger partial charge in [-0.1, -0.05) is 48.5 Å². The zero-order valence-electron chi connectivity index (χ0n) is 32.7. The molecule has 1 N–H and O–H groups in total. The Bertz CT molecular complexity index is 1260. The predicted octanol–water partition coefficient (Wildman–Crippen LogP) is 4.91. The molecule has 14 nitrogen and oxygen atoms in total. The summed E-state index contributed by atoms with van der Waals surface area (Å²) in [4.78, 5) is 25.6. The number of carbonyl (C=O) groups is 2. The lowest BCUT2D eigenvalue weighted by Crippen LogP contribution is -2.36. The first-order valence-electron chi connectivity index (χ1n) is 18.9. The Morgan fingerprint density at radius 3 is 1.41 bits per heavy atom. The molecule has 0 aromatic heterocycles. The third-order valence-electron chi connectivity index (χ3n) is 7.96. The molecule has 0 aliphatic heterocycles. The number of ether oxygens (including phenoxy) is 10. The SMILES string of the molecule is CN(CCOCCOCCOCCOCCOCCOCCOCCOCCCNC(=O)OCC1c2ccccc2-c2ccccc21)C(=O)OC(C)(C)C. The molecule has 3 rings (SSSR count). The van der Waals surface area contributed by atoms with Crippen LogP contribution in [0.15, 0.2) is 48.5 Å². The maximum absolute atomic E-state index is 12.3. The number of alkyl carbamates (subject to hydrolysis) is 1. The molecule has 0 radical (unpaired) electrons. The lowest BCUT2D eigenvalue weighted by atomic mass is 9.98. The monoisotopic (exact) mass is 762 g/mol. The smallest absolute Gasteiger partial charge is 0.410 e. The number of benzene rings is 2. The van der Waals surface area contributed by atoms with E-state index < -0.39 is 11.7 Å². The number of likely N-dealkylation sites (N-methyl/N-ethyl adjacent to an activating group) is 1. The number of hydrogen-bond acceptors (Lipinski definition) is 12. The molecule has 0 fully saturated rings. The summed E-state index contributed by atoms with van der Waals surface area (Å²) in [5, 5.41) is 2.80. The minimum Gasteiger partial charge on any atom is -0.449 e. The Morgan fingerprint density at radius 2 is 0.981 bits per heavy atom. The molecule has 0 atom stereocenters. The van der Waals surface area contributed by atoms with Gasteiger partial charge in [-0.25, -0.2) is 9.59 Å². The molecule has 0 saturated heterocycles. The van der Waals surface area contributed by atoms with Crippen LogP contribution in [0, 0.1) is 0 Å². The molecule has 2 aromatic carbocycles. The van der Waals surface area contributed by atoms with Crippen molar-refractivity contribution in [3.8, 4) is 11.1 Å². The van der Waals surface area contributed by atoms with Gasteiger partial charge in [0.25, 0.3) is 0 Å². The summed E-state index contributed by atoms with van der Waals surface area (Å²) in [7, 11) is 1.68. The van der Waals surface area contributed by atoms with Gasteiger partial charge in [0.2, 0.25) is 0 Å². The van der Waals surface area contributed by atoms with Crippen molar-refractivity contribution >= 4 is 12.2 Å². The Kier molecular flexibility index (Phi) is 22.8. The van der Waals surface area contributed by atoms with Crippen LogP contribution in [-0.4, -0.2) is 155 Å². The molecule has 304 valence electrons. The lowest BCUT2D eigenvalue weighted by molar-refractivity contribution is -0.0236. The molecule has 2 aromatic rings. The number of rotatable bonds is 30. The third kappa shape index (κ3) is 19.3. The van der Waals surface area contributed by atoms with Crippen LogP contribution in [0.5, 0.6) is 0 Å². The van der Waals surface area contributed by atoms with Gasteiger partial charge in [0, 0.05) is 32.7 Å². The van der Waals surface area contributed by atoms with E-state index in [2.05, 4.69) is 29.6 Å². The first kappa shape index (κ1) is 45.1. The molecule has 2 amide bonds. The summed E-state index contributed by atoms with van der Waals surface area (Å²) in [5.41, 5.74) is 4.28. The van der Waals surface area contributed by atoms with E-state index >= 15 is 0 Å². The van der Waals surface area contributed by atoms with Gasteiger partial charge in [-0.2, -0.15) is 0 Å². The van der Waals surface area contributed by atoms with Crippen LogP contribution < -0.4 is 5.32 Å². The average molecular weight is 763 g/mol. The van der Waals surface area contributed by atoms with Gasteiger partial charge in [0.15, 0.2) is 0 Å². The quantitative estimate of drug-likeness (QED) is 0.108. The van der Waals surface area contributed by atoms with E-state index in [0.29, 0.717) is 132 Å². The fraction of sp³-hybridized carbons (Fsp3) is 0.650. The summed E-state index contributed by atoms with van der Waals surface area (Å²) in [6, 6.07) is 16.6. The highest BCUT2D eigenvalue weighted by atomic mass is 16.6. The van der Waals surface area contributed by atoms with Crippen molar-refractivity contribution in [1.82, 2.24) is 10.2 Å². The normalized spacial score (nSPS) is 12.4. The predicted molar refractivity (Wildman–Crippen MR) is 203 cm³/mol. The molecule has 0 bridgehead atoms. The number of hydrogen-bond donors (Lipinski definition) is 1. The number of fused-ring (bicyclic) bond motifs is 3. The van der Waals surface area contributed by atoms with Crippen molar-refractivity contribution < 1.29 is 57.0 Å². The van der Waals surface area contributed by atoms with Crippen molar-refractivity contribution in [2.45, 2.75) is 38.7 Å². The van der Waals surface area contributed by atoms with Crippen molar-refractivity contribution in [3.05, 3.63) is 59.7 Å². The number of nitrogens with one attached hydrogen (secondary N) is 1. The van der Waals surface area contributed by atoms with E-state index in [4.69, 9.17) is 47.4 Å². The molecule has 1 aliphatic rings. The van der Waals surface area contributed by atoms with Crippen LogP contribution >= 0.6 is 0 Å². The van der Waals surface area contributed by atoms with Crippen molar-refractivity contribution in [2.24, 2.45) is 0 Å². The number of nitrogens with zero attached hydrogens (tertiary/aromatic N) is 1. The summed E-state index contributed by atoms with van der Waals surface area (Å²) < 4.78 is 54.9. The van der Waals surface area contributed by atoms with Gasteiger partial charge in [0.05, 0.1) is 99.1 Å². The summed E-state index contributed by atoms with van der Waals surface area (Å²) >= 11 is 0. The van der Waals surface area contributed by atoms with Crippen molar-refractivity contribution in [2.75, 3.05) is 132 Å². The van der Waals surface area contributed by atoms with Gasteiger partial charge in [-0.15, -0.1) is 0 Å². The molecule has 0 unspecified atom stereocenters. The number of amides is 2. The van der Waals surface area contributed by atoms with Gasteiger partial charge >= 0.3 is 12.2 Å². The van der Waals surface area contributed by atoms with E-state index in [1.54, 1.807) is 7.05 Å². The Morgan fingerprint density at radius 1 is 0.593 bits per heavy atom. The topological polar surface area (TPSA) is 142 Å². The van der Waals surface area contributed by atoms with E-state index in [0.717, 1.165) is 0 Å². The van der Waals surface area contributed by atoms with Crippen molar-refractivity contribution in [3.63, 3.8) is 0 Å². The lowest BCUT2D eigenvalue weighted by Gasteiger charge is -2.24. The number of carbonyl (C=O) groups excluding carboxylic acids is 2. The van der Waals surface area contributed by atoms with Crippen molar-refractivity contribution in [1.29, 1.82) is 0 Å². The molecule has 54 heavy (non-hydrogen) atoms. The Labute approximate surface area is 320 Å². The highest BCUT2D eigenvalue weighted by molar-refractivity contribution is 5.79. The van der Waals surface area contributed by atoms with Gasteiger partial charge in [0.1, 0.15) is 12.2 Å². The maximum atomic E-state index is 12.3. The van der Waals surface area contributed by atoms with Crippen LogP contribution in [0.1, 0.15) is 44.2 Å². The van der Waals surface area contributed by atoms with Crippen LogP contribution in [0.2, 0.25) is 0 Å². The summed E-state index contributed by atoms with van der Waals surface area (Å²) in [5.74, 6) is 0.0469. The van der Waals surface area contributed by atoms with Gasteiger partial charge < -0.3 is 57.6 Å². The Balaban J connectivity index is 0.972. The standard InChI is InChI=1S/C40H62N2O12/c1-40(2,3)54-39(44)42(4)15-17-46-19-21-48-23-25-50-27-29-52-31-30-51-28-26-49-24-22-47-20-18-45-16-9-14-41-38(43)53-32-37-35-12-7-5-10-33(35)34-11-6-8-13-36(34)37/h5-8,10-13,37H,9,14-32H2,1-4H3,(H,41,43). The van der Waals surface area contributed by atoms with Gasteiger partial charge in [-0.3, -0.25) is 0 Å². The summed E-state index contributed by atoms with van der Waals surface area (Å²) in [6.45, 7) is 14.3. The van der Waals surface area contributed by atoms with Crippen LogP contribution in [0.4, 0.5) is 9.59 Å². The Hall–Kier alpha value is -3.34. The second kappa shape index (κ2) is 27.3. The molecule has 0 heterocycles.